The highest BCUT2D eigenvalue weighted by Crippen LogP contribution is 2.14. The predicted molar refractivity (Wildman–Crippen MR) is 270 cm³/mol. The summed E-state index contributed by atoms with van der Waals surface area (Å²) in [5.74, 6) is -0.999. The van der Waals surface area contributed by atoms with Gasteiger partial charge in [0.1, 0.15) is 13.2 Å². The molecule has 0 aromatic rings. The predicted octanol–water partition coefficient (Wildman–Crippen LogP) is 17.0. The molecule has 0 N–H and O–H groups in total. The maximum absolute atomic E-state index is 12.8. The number of allylic oxidation sites excluding steroid dienone is 16. The molecule has 0 amide bonds. The van der Waals surface area contributed by atoms with Gasteiger partial charge in [-0.2, -0.15) is 0 Å². The van der Waals surface area contributed by atoms with Gasteiger partial charge in [0.2, 0.25) is 0 Å². The molecule has 1 unspecified atom stereocenters. The van der Waals surface area contributed by atoms with Gasteiger partial charge in [-0.05, 0) is 89.9 Å². The molecule has 0 spiro atoms. The summed E-state index contributed by atoms with van der Waals surface area (Å²) in [6.45, 7) is 6.37. The number of hydrogen-bond donors (Lipinski definition) is 0. The van der Waals surface area contributed by atoms with Crippen molar-refractivity contribution in [3.05, 3.63) is 97.2 Å². The third-order valence-electron chi connectivity index (χ3n) is 10.7. The maximum atomic E-state index is 12.8. The second-order valence-electron chi connectivity index (χ2n) is 16.8. The fraction of sp³-hybridized carbons (Fsp3) is 0.667. The van der Waals surface area contributed by atoms with Crippen LogP contribution in [0.1, 0.15) is 226 Å². The Morgan fingerprint density at radius 1 is 0.349 bits per heavy atom. The van der Waals surface area contributed by atoms with Crippen LogP contribution in [0.5, 0.6) is 0 Å². The number of carbonyl (C=O) groups is 3. The molecule has 0 saturated heterocycles. The highest BCUT2D eigenvalue weighted by Gasteiger charge is 2.19. The van der Waals surface area contributed by atoms with Gasteiger partial charge < -0.3 is 14.2 Å². The third-order valence-corrected chi connectivity index (χ3v) is 10.7. The highest BCUT2D eigenvalue weighted by molar-refractivity contribution is 5.71. The topological polar surface area (TPSA) is 78.9 Å². The first-order valence-electron chi connectivity index (χ1n) is 25.8. The van der Waals surface area contributed by atoms with Crippen LogP contribution in [-0.4, -0.2) is 37.2 Å². The van der Waals surface area contributed by atoms with Crippen LogP contribution < -0.4 is 0 Å². The smallest absolute Gasteiger partial charge is 0.306 e. The summed E-state index contributed by atoms with van der Waals surface area (Å²) in [4.78, 5) is 37.9. The van der Waals surface area contributed by atoms with E-state index in [4.69, 9.17) is 14.2 Å². The average molecular weight is 875 g/mol. The Bertz CT molecular complexity index is 1280. The van der Waals surface area contributed by atoms with E-state index in [1.165, 1.54) is 116 Å². The molecule has 0 bridgehead atoms. The van der Waals surface area contributed by atoms with E-state index in [1.54, 1.807) is 0 Å². The second-order valence-corrected chi connectivity index (χ2v) is 16.8. The Morgan fingerprint density at radius 2 is 0.698 bits per heavy atom. The lowest BCUT2D eigenvalue weighted by atomic mass is 10.1. The van der Waals surface area contributed by atoms with E-state index in [1.807, 2.05) is 54.7 Å². The molecule has 0 aliphatic carbocycles. The van der Waals surface area contributed by atoms with Gasteiger partial charge in [0.05, 0.1) is 0 Å². The number of unbranched alkanes of at least 4 members (excludes halogenated alkanes) is 22. The van der Waals surface area contributed by atoms with Crippen LogP contribution in [-0.2, 0) is 28.6 Å². The Morgan fingerprint density at radius 3 is 1.19 bits per heavy atom. The van der Waals surface area contributed by atoms with E-state index in [2.05, 4.69) is 63.3 Å². The molecular weight excluding hydrogens is 781 g/mol. The Hall–Kier alpha value is -3.67. The minimum atomic E-state index is -0.812. The number of ether oxygens (including phenoxy) is 3. The lowest BCUT2D eigenvalue weighted by Gasteiger charge is -2.18. The van der Waals surface area contributed by atoms with Gasteiger partial charge in [-0.3, -0.25) is 14.4 Å². The first-order chi connectivity index (χ1) is 31.0. The van der Waals surface area contributed by atoms with Gasteiger partial charge in [0.25, 0.3) is 0 Å². The number of rotatable bonds is 45. The summed E-state index contributed by atoms with van der Waals surface area (Å²) < 4.78 is 16.7. The summed E-state index contributed by atoms with van der Waals surface area (Å²) in [6, 6.07) is 0. The summed E-state index contributed by atoms with van der Waals surface area (Å²) in [6.07, 6.45) is 66.8. The molecule has 63 heavy (non-hydrogen) atoms. The lowest BCUT2D eigenvalue weighted by molar-refractivity contribution is -0.167. The zero-order valence-electron chi connectivity index (χ0n) is 40.8. The lowest BCUT2D eigenvalue weighted by Crippen LogP contribution is -2.30. The molecule has 1 atom stereocenters. The average Bonchev–Trinajstić information content (AvgIpc) is 3.28. The van der Waals surface area contributed by atoms with Crippen molar-refractivity contribution in [2.24, 2.45) is 0 Å². The van der Waals surface area contributed by atoms with E-state index >= 15 is 0 Å². The van der Waals surface area contributed by atoms with Crippen molar-refractivity contribution < 1.29 is 28.6 Å². The van der Waals surface area contributed by atoms with Crippen LogP contribution in [0.2, 0.25) is 0 Å². The fourth-order valence-electron chi connectivity index (χ4n) is 6.79. The monoisotopic (exact) mass is 875 g/mol. The first kappa shape index (κ1) is 59.3. The molecule has 358 valence electrons. The number of carbonyl (C=O) groups excluding carboxylic acids is 3. The van der Waals surface area contributed by atoms with Crippen LogP contribution in [0.15, 0.2) is 97.2 Å². The zero-order valence-corrected chi connectivity index (χ0v) is 40.8. The van der Waals surface area contributed by atoms with Gasteiger partial charge in [-0.1, -0.05) is 214 Å². The molecule has 6 heteroatoms. The SMILES string of the molecule is CC\C=C/C=C\C=C/C=C\C=C/CCCC(=O)OCC(COC(=O)CCCCCCCCC/C=C\C/C=C\CCCCC)OC(=O)CCCCCCCCC/C=C\CCCCCC. The molecule has 0 aromatic heterocycles. The van der Waals surface area contributed by atoms with Crippen molar-refractivity contribution in [3.8, 4) is 0 Å². The molecule has 0 fully saturated rings. The van der Waals surface area contributed by atoms with Crippen molar-refractivity contribution in [2.75, 3.05) is 13.2 Å². The number of esters is 3. The maximum Gasteiger partial charge on any atom is 0.306 e. The molecule has 0 radical (unpaired) electrons. The molecule has 0 aliphatic heterocycles. The molecule has 0 aliphatic rings. The molecule has 0 rings (SSSR count). The van der Waals surface area contributed by atoms with Gasteiger partial charge in [0.15, 0.2) is 6.10 Å². The van der Waals surface area contributed by atoms with Crippen molar-refractivity contribution in [1.82, 2.24) is 0 Å². The minimum absolute atomic E-state index is 0.107. The van der Waals surface area contributed by atoms with Crippen molar-refractivity contribution in [2.45, 2.75) is 232 Å². The quantitative estimate of drug-likeness (QED) is 0.0199. The molecule has 0 saturated carbocycles. The first-order valence-corrected chi connectivity index (χ1v) is 25.8. The standard InChI is InChI=1S/C57H94O6/c1-4-7-10-13-16-19-22-25-27-28-30-32-35-38-41-44-47-50-56(59)62-53-54(52-61-55(58)49-46-43-40-37-34-31-24-21-18-15-12-9-6-3)63-57(60)51-48-45-42-39-36-33-29-26-23-20-17-14-11-8-5-2/h9,12,15-16,18-21,23-25,27,31,34,37,40,54H,4-8,10-11,13-14,17,22,26,28-30,32-33,35-36,38-39,41-53H2,1-3H3/b12-9-,18-15-,19-16-,23-20-,24-21-,27-25-,34-31-,40-37-. The van der Waals surface area contributed by atoms with Crippen LogP contribution in [0.4, 0.5) is 0 Å². The summed E-state index contributed by atoms with van der Waals surface area (Å²) >= 11 is 0. The Kier molecular flexibility index (Phi) is 48.0. The molecule has 0 heterocycles. The van der Waals surface area contributed by atoms with E-state index in [0.29, 0.717) is 19.3 Å². The van der Waals surface area contributed by atoms with Crippen molar-refractivity contribution >= 4 is 17.9 Å². The molecule has 6 nitrogen and oxygen atoms in total. The van der Waals surface area contributed by atoms with Crippen LogP contribution in [0.3, 0.4) is 0 Å². The fourth-order valence-corrected chi connectivity index (χ4v) is 6.79. The second kappa shape index (κ2) is 51.0. The van der Waals surface area contributed by atoms with Crippen LogP contribution in [0, 0.1) is 0 Å². The summed E-state index contributed by atoms with van der Waals surface area (Å²) in [7, 11) is 0. The van der Waals surface area contributed by atoms with Gasteiger partial charge in [0, 0.05) is 19.3 Å². The Labute approximate surface area is 387 Å². The summed E-state index contributed by atoms with van der Waals surface area (Å²) in [5, 5.41) is 0. The minimum Gasteiger partial charge on any atom is -0.462 e. The van der Waals surface area contributed by atoms with Gasteiger partial charge in [-0.25, -0.2) is 0 Å². The van der Waals surface area contributed by atoms with E-state index in [-0.39, 0.29) is 37.5 Å². The zero-order chi connectivity index (χ0) is 45.8. The normalized spacial score (nSPS) is 12.9. The van der Waals surface area contributed by atoms with Gasteiger partial charge in [-0.15, -0.1) is 0 Å². The Balaban J connectivity index is 4.49. The molecular formula is C57H94O6. The highest BCUT2D eigenvalue weighted by atomic mass is 16.6. The van der Waals surface area contributed by atoms with Gasteiger partial charge >= 0.3 is 17.9 Å². The number of hydrogen-bond acceptors (Lipinski definition) is 6. The summed E-state index contributed by atoms with van der Waals surface area (Å²) in [5.41, 5.74) is 0. The van der Waals surface area contributed by atoms with Crippen LogP contribution >= 0.6 is 0 Å². The van der Waals surface area contributed by atoms with Crippen molar-refractivity contribution in [1.29, 1.82) is 0 Å². The van der Waals surface area contributed by atoms with E-state index in [0.717, 1.165) is 64.2 Å². The van der Waals surface area contributed by atoms with E-state index < -0.39 is 6.10 Å². The van der Waals surface area contributed by atoms with Crippen LogP contribution in [0.25, 0.3) is 0 Å². The van der Waals surface area contributed by atoms with E-state index in [9.17, 15) is 14.4 Å². The molecule has 0 aromatic carbocycles. The largest absolute Gasteiger partial charge is 0.462 e. The third kappa shape index (κ3) is 49.2. The van der Waals surface area contributed by atoms with Crippen molar-refractivity contribution in [3.63, 3.8) is 0 Å².